The molecule has 0 spiro atoms. The zero-order valence-electron chi connectivity index (χ0n) is 12.6. The third-order valence-corrected chi connectivity index (χ3v) is 4.01. The second-order valence-corrected chi connectivity index (χ2v) is 5.55. The summed E-state index contributed by atoms with van der Waals surface area (Å²) in [5, 5.41) is 3.01. The van der Waals surface area contributed by atoms with E-state index in [0.29, 0.717) is 18.6 Å². The Labute approximate surface area is 121 Å². The highest BCUT2D eigenvalue weighted by Gasteiger charge is 2.28. The molecular weight excluding hydrogens is 252 g/mol. The maximum Gasteiger partial charge on any atom is 0.318 e. The Balaban J connectivity index is 1.94. The van der Waals surface area contributed by atoms with E-state index in [9.17, 15) is 4.79 Å². The van der Waals surface area contributed by atoms with E-state index in [0.717, 1.165) is 24.2 Å². The zero-order valence-corrected chi connectivity index (χ0v) is 12.6. The predicted octanol–water partition coefficient (Wildman–Crippen LogP) is 3.17. The van der Waals surface area contributed by atoms with Gasteiger partial charge in [-0.1, -0.05) is 12.1 Å². The number of hydrogen-bond donors (Lipinski definition) is 1. The van der Waals surface area contributed by atoms with Gasteiger partial charge in [-0.15, -0.1) is 0 Å². The summed E-state index contributed by atoms with van der Waals surface area (Å²) in [7, 11) is 1.65. The van der Waals surface area contributed by atoms with Crippen LogP contribution in [-0.4, -0.2) is 30.1 Å². The van der Waals surface area contributed by atoms with Crippen molar-refractivity contribution in [2.75, 3.05) is 7.11 Å². The van der Waals surface area contributed by atoms with Crippen LogP contribution in [0.3, 0.4) is 0 Å². The molecule has 20 heavy (non-hydrogen) atoms. The smallest absolute Gasteiger partial charge is 0.318 e. The third kappa shape index (κ3) is 3.44. The lowest BCUT2D eigenvalue weighted by atomic mass is 9.98. The summed E-state index contributed by atoms with van der Waals surface area (Å²) in [6.07, 6.45) is 3.40. The number of carbonyl (C=O) groups excluding carboxylic acids is 1. The van der Waals surface area contributed by atoms with Crippen LogP contribution >= 0.6 is 0 Å². The molecule has 2 unspecified atom stereocenters. The highest BCUT2D eigenvalue weighted by Crippen LogP contribution is 2.22. The molecular formula is C16H24N2O2. The predicted molar refractivity (Wildman–Crippen MR) is 79.8 cm³/mol. The normalized spacial score (nSPS) is 22.4. The van der Waals surface area contributed by atoms with Crippen molar-refractivity contribution in [3.63, 3.8) is 0 Å². The van der Waals surface area contributed by atoms with Gasteiger partial charge in [0.2, 0.25) is 0 Å². The van der Waals surface area contributed by atoms with E-state index in [2.05, 4.69) is 19.2 Å². The van der Waals surface area contributed by atoms with Gasteiger partial charge in [0.1, 0.15) is 5.75 Å². The lowest BCUT2D eigenvalue weighted by Gasteiger charge is -2.38. The van der Waals surface area contributed by atoms with Crippen LogP contribution in [0.25, 0.3) is 0 Å². The van der Waals surface area contributed by atoms with Gasteiger partial charge in [0.05, 0.1) is 7.11 Å². The summed E-state index contributed by atoms with van der Waals surface area (Å²) < 4.78 is 5.19. The Kier molecular flexibility index (Phi) is 4.88. The zero-order chi connectivity index (χ0) is 14.5. The molecule has 0 aliphatic carbocycles. The van der Waals surface area contributed by atoms with Crippen LogP contribution in [0.5, 0.6) is 5.75 Å². The summed E-state index contributed by atoms with van der Waals surface area (Å²) in [6.45, 7) is 4.79. The summed E-state index contributed by atoms with van der Waals surface area (Å²) >= 11 is 0. The number of urea groups is 1. The number of ether oxygens (including phenoxy) is 1. The Morgan fingerprint density at radius 3 is 2.70 bits per heavy atom. The number of methoxy groups -OCH3 is 1. The van der Waals surface area contributed by atoms with Crippen LogP contribution in [0.15, 0.2) is 24.3 Å². The minimum atomic E-state index is 0.0347. The molecule has 110 valence electrons. The minimum absolute atomic E-state index is 0.0347. The second kappa shape index (κ2) is 6.64. The van der Waals surface area contributed by atoms with E-state index >= 15 is 0 Å². The molecule has 1 aliphatic rings. The molecule has 4 heteroatoms. The number of likely N-dealkylation sites (tertiary alicyclic amines) is 1. The topological polar surface area (TPSA) is 41.6 Å². The van der Waals surface area contributed by atoms with Gasteiger partial charge >= 0.3 is 6.03 Å². The van der Waals surface area contributed by atoms with Gasteiger partial charge in [-0.05, 0) is 50.8 Å². The number of nitrogens with one attached hydrogen (secondary N) is 1. The van der Waals surface area contributed by atoms with E-state index in [1.54, 1.807) is 7.11 Å². The average molecular weight is 276 g/mol. The van der Waals surface area contributed by atoms with Crippen molar-refractivity contribution in [1.29, 1.82) is 0 Å². The maximum atomic E-state index is 12.3. The van der Waals surface area contributed by atoms with E-state index in [-0.39, 0.29) is 6.03 Å². The first kappa shape index (κ1) is 14.7. The maximum absolute atomic E-state index is 12.3. The van der Waals surface area contributed by atoms with Crippen molar-refractivity contribution in [1.82, 2.24) is 10.2 Å². The molecule has 1 aromatic carbocycles. The van der Waals surface area contributed by atoms with Crippen LogP contribution in [0, 0.1) is 0 Å². The number of piperidine rings is 1. The quantitative estimate of drug-likeness (QED) is 0.921. The fraction of sp³-hybridized carbons (Fsp3) is 0.562. The molecule has 1 aliphatic heterocycles. The molecule has 1 fully saturated rings. The molecule has 0 saturated carbocycles. The van der Waals surface area contributed by atoms with Gasteiger partial charge in [-0.3, -0.25) is 0 Å². The van der Waals surface area contributed by atoms with Crippen LogP contribution < -0.4 is 10.1 Å². The molecule has 2 amide bonds. The largest absolute Gasteiger partial charge is 0.497 e. The van der Waals surface area contributed by atoms with E-state index < -0.39 is 0 Å². The first-order valence-corrected chi connectivity index (χ1v) is 7.31. The minimum Gasteiger partial charge on any atom is -0.497 e. The van der Waals surface area contributed by atoms with Gasteiger partial charge < -0.3 is 15.0 Å². The Morgan fingerprint density at radius 2 is 2.05 bits per heavy atom. The molecule has 1 heterocycles. The van der Waals surface area contributed by atoms with Crippen LogP contribution in [-0.2, 0) is 6.54 Å². The molecule has 0 aromatic heterocycles. The monoisotopic (exact) mass is 276 g/mol. The Hall–Kier alpha value is -1.71. The molecule has 1 N–H and O–H groups in total. The van der Waals surface area contributed by atoms with Gasteiger partial charge in [0.15, 0.2) is 0 Å². The molecule has 1 aromatic rings. The van der Waals surface area contributed by atoms with Gasteiger partial charge in [0.25, 0.3) is 0 Å². The molecule has 2 rings (SSSR count). The van der Waals surface area contributed by atoms with Crippen molar-refractivity contribution in [2.24, 2.45) is 0 Å². The average Bonchev–Trinajstić information content (AvgIpc) is 2.45. The Bertz CT molecular complexity index is 452. The van der Waals surface area contributed by atoms with E-state index in [1.165, 1.54) is 6.42 Å². The van der Waals surface area contributed by atoms with Crippen LogP contribution in [0.1, 0.15) is 38.7 Å². The first-order chi connectivity index (χ1) is 9.61. The van der Waals surface area contributed by atoms with Crippen molar-refractivity contribution < 1.29 is 9.53 Å². The number of carbonyl (C=O) groups is 1. The van der Waals surface area contributed by atoms with Gasteiger partial charge in [-0.25, -0.2) is 4.79 Å². The molecule has 4 nitrogen and oxygen atoms in total. The lowest BCUT2D eigenvalue weighted by Crippen LogP contribution is -2.51. The van der Waals surface area contributed by atoms with Crippen LogP contribution in [0.2, 0.25) is 0 Å². The number of nitrogens with zero attached hydrogens (tertiary/aromatic N) is 1. The van der Waals surface area contributed by atoms with E-state index in [4.69, 9.17) is 4.74 Å². The van der Waals surface area contributed by atoms with Crippen molar-refractivity contribution in [3.8, 4) is 5.75 Å². The summed E-state index contributed by atoms with van der Waals surface area (Å²) in [5.74, 6) is 0.816. The SMILES string of the molecule is COc1cccc(CNC(=O)N2C(C)CCCC2C)c1. The number of hydrogen-bond acceptors (Lipinski definition) is 2. The first-order valence-electron chi connectivity index (χ1n) is 7.31. The molecule has 0 radical (unpaired) electrons. The lowest BCUT2D eigenvalue weighted by molar-refractivity contribution is 0.123. The standard InChI is InChI=1S/C16H24N2O2/c1-12-6-4-7-13(2)18(12)16(19)17-11-14-8-5-9-15(10-14)20-3/h5,8-10,12-13H,4,6-7,11H2,1-3H3,(H,17,19). The van der Waals surface area contributed by atoms with Crippen molar-refractivity contribution in [3.05, 3.63) is 29.8 Å². The van der Waals surface area contributed by atoms with Gasteiger partial charge in [0, 0.05) is 18.6 Å². The number of amides is 2. The van der Waals surface area contributed by atoms with Crippen LogP contribution in [0.4, 0.5) is 4.79 Å². The molecule has 0 bridgehead atoms. The third-order valence-electron chi connectivity index (χ3n) is 4.01. The highest BCUT2D eigenvalue weighted by molar-refractivity contribution is 5.75. The van der Waals surface area contributed by atoms with Gasteiger partial charge in [-0.2, -0.15) is 0 Å². The Morgan fingerprint density at radius 1 is 1.35 bits per heavy atom. The summed E-state index contributed by atoms with van der Waals surface area (Å²) in [4.78, 5) is 14.3. The van der Waals surface area contributed by atoms with Crippen molar-refractivity contribution >= 4 is 6.03 Å². The molecule has 1 saturated heterocycles. The summed E-state index contributed by atoms with van der Waals surface area (Å²) in [6, 6.07) is 8.46. The van der Waals surface area contributed by atoms with Crippen molar-refractivity contribution in [2.45, 2.75) is 51.7 Å². The number of rotatable bonds is 3. The summed E-state index contributed by atoms with van der Waals surface area (Å²) in [5.41, 5.74) is 1.05. The fourth-order valence-electron chi connectivity index (χ4n) is 2.87. The number of benzene rings is 1. The fourth-order valence-corrected chi connectivity index (χ4v) is 2.87. The highest BCUT2D eigenvalue weighted by atomic mass is 16.5. The van der Waals surface area contributed by atoms with E-state index in [1.807, 2.05) is 29.2 Å². The molecule has 2 atom stereocenters. The second-order valence-electron chi connectivity index (χ2n) is 5.55.